The van der Waals surface area contributed by atoms with Crippen molar-refractivity contribution in [2.45, 2.75) is 25.4 Å². The minimum Gasteiger partial charge on any atom is -0.373 e. The lowest BCUT2D eigenvalue weighted by Gasteiger charge is -2.26. The molecule has 0 aliphatic carbocycles. The van der Waals surface area contributed by atoms with Crippen LogP contribution in [0.2, 0.25) is 0 Å². The summed E-state index contributed by atoms with van der Waals surface area (Å²) in [5.74, 6) is 1.86. The van der Waals surface area contributed by atoms with Crippen molar-refractivity contribution in [2.24, 2.45) is 0 Å². The molecule has 1 unspecified atom stereocenters. The number of H-pyrrole nitrogens is 1. The smallest absolute Gasteiger partial charge is 0.134 e. The van der Waals surface area contributed by atoms with Crippen molar-refractivity contribution in [3.05, 3.63) is 30.4 Å². The molecule has 2 aromatic rings. The highest BCUT2D eigenvalue weighted by molar-refractivity contribution is 5.49. The molecule has 3 heterocycles. The molecular weight excluding hydrogens is 266 g/mol. The zero-order valence-electron chi connectivity index (χ0n) is 12.2. The Morgan fingerprint density at radius 2 is 2.38 bits per heavy atom. The third-order valence-electron chi connectivity index (χ3n) is 3.83. The monoisotopic (exact) mass is 287 g/mol. The summed E-state index contributed by atoms with van der Waals surface area (Å²) < 4.78 is 0. The van der Waals surface area contributed by atoms with Gasteiger partial charge in [0.05, 0.1) is 0 Å². The quantitative estimate of drug-likeness (QED) is 0.735. The molecule has 2 aromatic heterocycles. The predicted molar refractivity (Wildman–Crippen MR) is 82.2 cm³/mol. The van der Waals surface area contributed by atoms with Crippen LogP contribution in [-0.2, 0) is 6.54 Å². The normalized spacial score (nSPS) is 18.1. The topological polar surface area (TPSA) is 81.8 Å². The van der Waals surface area contributed by atoms with Gasteiger partial charge in [-0.1, -0.05) is 0 Å². The van der Waals surface area contributed by atoms with Gasteiger partial charge in [-0.2, -0.15) is 5.10 Å². The standard InChI is InChI=1S/C14H21N7/c1-15-13-7-14(18-10-17-13)21-6-2-3-12(21)9-16-8-11-4-5-19-20-11/h4-5,7,10,12,16H,2-3,6,8-9H2,1H3,(H,19,20)(H,15,17,18). The Bertz CT molecular complexity index is 554. The Hall–Kier alpha value is -2.15. The third-order valence-corrected chi connectivity index (χ3v) is 3.83. The average Bonchev–Trinajstić information content (AvgIpc) is 3.19. The van der Waals surface area contributed by atoms with Gasteiger partial charge in [-0.3, -0.25) is 5.10 Å². The van der Waals surface area contributed by atoms with E-state index < -0.39 is 0 Å². The first-order valence-electron chi connectivity index (χ1n) is 7.32. The highest BCUT2D eigenvalue weighted by Gasteiger charge is 2.25. The van der Waals surface area contributed by atoms with Crippen LogP contribution in [0.25, 0.3) is 0 Å². The number of aromatic nitrogens is 4. The predicted octanol–water partition coefficient (Wildman–Crippen LogP) is 1.000. The fraction of sp³-hybridized carbons (Fsp3) is 0.500. The van der Waals surface area contributed by atoms with E-state index in [9.17, 15) is 0 Å². The highest BCUT2D eigenvalue weighted by Crippen LogP contribution is 2.24. The summed E-state index contributed by atoms with van der Waals surface area (Å²) in [7, 11) is 1.87. The molecule has 21 heavy (non-hydrogen) atoms. The Morgan fingerprint density at radius 3 is 3.19 bits per heavy atom. The van der Waals surface area contributed by atoms with Crippen LogP contribution in [0.3, 0.4) is 0 Å². The lowest BCUT2D eigenvalue weighted by Crippen LogP contribution is -2.38. The van der Waals surface area contributed by atoms with E-state index in [0.717, 1.165) is 37.0 Å². The number of nitrogens with zero attached hydrogens (tertiary/aromatic N) is 4. The number of anilines is 2. The maximum absolute atomic E-state index is 4.41. The maximum Gasteiger partial charge on any atom is 0.134 e. The largest absolute Gasteiger partial charge is 0.373 e. The molecule has 1 atom stereocenters. The minimum absolute atomic E-state index is 0.479. The van der Waals surface area contributed by atoms with E-state index in [2.05, 4.69) is 35.7 Å². The zero-order chi connectivity index (χ0) is 14.5. The molecular formula is C14H21N7. The molecule has 1 aliphatic heterocycles. The first-order valence-corrected chi connectivity index (χ1v) is 7.32. The number of nitrogens with one attached hydrogen (secondary N) is 3. The van der Waals surface area contributed by atoms with Crippen molar-refractivity contribution in [1.82, 2.24) is 25.5 Å². The molecule has 1 saturated heterocycles. The molecule has 7 nitrogen and oxygen atoms in total. The maximum atomic E-state index is 4.41. The Balaban J connectivity index is 1.59. The van der Waals surface area contributed by atoms with Crippen molar-refractivity contribution < 1.29 is 0 Å². The van der Waals surface area contributed by atoms with Crippen molar-refractivity contribution in [1.29, 1.82) is 0 Å². The summed E-state index contributed by atoms with van der Waals surface area (Å²) in [6.07, 6.45) is 5.79. The summed E-state index contributed by atoms with van der Waals surface area (Å²) >= 11 is 0. The lowest BCUT2D eigenvalue weighted by molar-refractivity contribution is 0.566. The molecule has 0 amide bonds. The van der Waals surface area contributed by atoms with Crippen LogP contribution in [0, 0.1) is 0 Å². The Labute approximate surface area is 124 Å². The molecule has 0 saturated carbocycles. The van der Waals surface area contributed by atoms with Gasteiger partial charge in [0, 0.05) is 50.7 Å². The van der Waals surface area contributed by atoms with E-state index in [1.807, 2.05) is 19.2 Å². The summed E-state index contributed by atoms with van der Waals surface area (Å²) in [5, 5.41) is 13.5. The van der Waals surface area contributed by atoms with Crippen molar-refractivity contribution in [3.8, 4) is 0 Å². The highest BCUT2D eigenvalue weighted by atomic mass is 15.3. The SMILES string of the molecule is CNc1cc(N2CCCC2CNCc2ccn[nH]2)ncn1. The minimum atomic E-state index is 0.479. The van der Waals surface area contributed by atoms with Gasteiger partial charge < -0.3 is 15.5 Å². The zero-order valence-corrected chi connectivity index (χ0v) is 12.2. The van der Waals surface area contributed by atoms with Gasteiger partial charge in [0.1, 0.15) is 18.0 Å². The van der Waals surface area contributed by atoms with Crippen molar-refractivity contribution in [3.63, 3.8) is 0 Å². The number of hydrogen-bond donors (Lipinski definition) is 3. The number of rotatable bonds is 6. The molecule has 0 aromatic carbocycles. The van der Waals surface area contributed by atoms with Crippen LogP contribution >= 0.6 is 0 Å². The van der Waals surface area contributed by atoms with Crippen molar-refractivity contribution in [2.75, 3.05) is 30.4 Å². The Morgan fingerprint density at radius 1 is 1.43 bits per heavy atom. The van der Waals surface area contributed by atoms with E-state index in [0.29, 0.717) is 6.04 Å². The Kier molecular flexibility index (Phi) is 4.30. The summed E-state index contributed by atoms with van der Waals surface area (Å²) in [6.45, 7) is 2.81. The van der Waals surface area contributed by atoms with Crippen LogP contribution in [0.4, 0.5) is 11.6 Å². The molecule has 1 fully saturated rings. The van der Waals surface area contributed by atoms with E-state index in [4.69, 9.17) is 0 Å². The molecule has 0 bridgehead atoms. The lowest BCUT2D eigenvalue weighted by atomic mass is 10.2. The van der Waals surface area contributed by atoms with Gasteiger partial charge in [-0.05, 0) is 18.9 Å². The molecule has 0 radical (unpaired) electrons. The second-order valence-electron chi connectivity index (χ2n) is 5.21. The molecule has 7 heteroatoms. The fourth-order valence-corrected chi connectivity index (χ4v) is 2.75. The van der Waals surface area contributed by atoms with Crippen LogP contribution in [0.15, 0.2) is 24.7 Å². The second kappa shape index (κ2) is 6.53. The molecule has 0 spiro atoms. The third kappa shape index (κ3) is 3.30. The number of aromatic amines is 1. The van der Waals surface area contributed by atoms with Crippen LogP contribution < -0.4 is 15.5 Å². The second-order valence-corrected chi connectivity index (χ2v) is 5.21. The van der Waals surface area contributed by atoms with Gasteiger partial charge in [-0.25, -0.2) is 9.97 Å². The van der Waals surface area contributed by atoms with E-state index >= 15 is 0 Å². The summed E-state index contributed by atoms with van der Waals surface area (Å²) in [5.41, 5.74) is 1.11. The molecule has 112 valence electrons. The van der Waals surface area contributed by atoms with Gasteiger partial charge in [-0.15, -0.1) is 0 Å². The summed E-state index contributed by atoms with van der Waals surface area (Å²) in [6, 6.07) is 4.48. The van der Waals surface area contributed by atoms with E-state index in [1.54, 1.807) is 12.5 Å². The number of hydrogen-bond acceptors (Lipinski definition) is 6. The van der Waals surface area contributed by atoms with E-state index in [-0.39, 0.29) is 0 Å². The molecule has 3 rings (SSSR count). The van der Waals surface area contributed by atoms with E-state index in [1.165, 1.54) is 12.8 Å². The van der Waals surface area contributed by atoms with Gasteiger partial charge >= 0.3 is 0 Å². The first-order chi connectivity index (χ1) is 10.4. The van der Waals surface area contributed by atoms with Gasteiger partial charge in [0.2, 0.25) is 0 Å². The molecule has 3 N–H and O–H groups in total. The van der Waals surface area contributed by atoms with Gasteiger partial charge in [0.25, 0.3) is 0 Å². The fourth-order valence-electron chi connectivity index (χ4n) is 2.75. The van der Waals surface area contributed by atoms with Crippen molar-refractivity contribution >= 4 is 11.6 Å². The van der Waals surface area contributed by atoms with Crippen LogP contribution in [0.1, 0.15) is 18.5 Å². The first kappa shape index (κ1) is 13.8. The van der Waals surface area contributed by atoms with Crippen LogP contribution in [0.5, 0.6) is 0 Å². The average molecular weight is 287 g/mol. The summed E-state index contributed by atoms with van der Waals surface area (Å²) in [4.78, 5) is 10.9. The molecule has 1 aliphatic rings. The van der Waals surface area contributed by atoms with Crippen LogP contribution in [-0.4, -0.2) is 46.3 Å². The van der Waals surface area contributed by atoms with Gasteiger partial charge in [0.15, 0.2) is 0 Å².